The number of hydrogen-bond donors (Lipinski definition) is 1. The highest BCUT2D eigenvalue weighted by Gasteiger charge is 2.14. The van der Waals surface area contributed by atoms with Crippen molar-refractivity contribution in [1.29, 1.82) is 0 Å². The topological polar surface area (TPSA) is 72.8 Å². The number of amides is 1. The van der Waals surface area contributed by atoms with E-state index in [-0.39, 0.29) is 17.2 Å². The number of aromatic nitrogens is 1. The SMILES string of the molecule is CCN(CC)CCCNC(=O)/C(=C\c1ccc(OC)c(OC)c1)n1ccccc1=O. The zero-order valence-electron chi connectivity index (χ0n) is 18.2. The van der Waals surface area contributed by atoms with Crippen LogP contribution in [0.1, 0.15) is 25.8 Å². The molecule has 0 spiro atoms. The van der Waals surface area contributed by atoms with Crippen LogP contribution in [0, 0.1) is 0 Å². The highest BCUT2D eigenvalue weighted by Crippen LogP contribution is 2.28. The summed E-state index contributed by atoms with van der Waals surface area (Å²) < 4.78 is 12.0. The summed E-state index contributed by atoms with van der Waals surface area (Å²) in [5.41, 5.74) is 0.690. The first kappa shape index (κ1) is 23.2. The molecule has 0 radical (unpaired) electrons. The third kappa shape index (κ3) is 6.22. The quantitative estimate of drug-likeness (QED) is 0.453. The van der Waals surface area contributed by atoms with Crippen LogP contribution >= 0.6 is 0 Å². The van der Waals surface area contributed by atoms with Gasteiger partial charge in [-0.1, -0.05) is 26.0 Å². The fourth-order valence-corrected chi connectivity index (χ4v) is 3.11. The Morgan fingerprint density at radius 3 is 2.47 bits per heavy atom. The zero-order chi connectivity index (χ0) is 21.9. The van der Waals surface area contributed by atoms with Crippen molar-refractivity contribution in [3.05, 3.63) is 58.5 Å². The molecule has 1 aromatic heterocycles. The van der Waals surface area contributed by atoms with E-state index < -0.39 is 0 Å². The lowest BCUT2D eigenvalue weighted by Gasteiger charge is -2.18. The van der Waals surface area contributed by atoms with Crippen LogP contribution in [0.2, 0.25) is 0 Å². The number of nitrogens with one attached hydrogen (secondary N) is 1. The molecule has 30 heavy (non-hydrogen) atoms. The van der Waals surface area contributed by atoms with E-state index in [1.165, 1.54) is 10.6 Å². The van der Waals surface area contributed by atoms with Crippen LogP contribution in [-0.2, 0) is 4.79 Å². The van der Waals surface area contributed by atoms with E-state index in [1.807, 2.05) is 6.07 Å². The van der Waals surface area contributed by atoms with Crippen molar-refractivity contribution in [3.8, 4) is 11.5 Å². The van der Waals surface area contributed by atoms with Gasteiger partial charge in [0.15, 0.2) is 11.5 Å². The summed E-state index contributed by atoms with van der Waals surface area (Å²) >= 11 is 0. The molecular formula is C23H31N3O4. The normalized spacial score (nSPS) is 11.4. The maximum atomic E-state index is 13.0. The number of nitrogens with zero attached hydrogens (tertiary/aromatic N) is 2. The minimum absolute atomic E-state index is 0.246. The monoisotopic (exact) mass is 413 g/mol. The molecule has 162 valence electrons. The Bertz CT molecular complexity index is 917. The number of benzene rings is 1. The maximum Gasteiger partial charge on any atom is 0.268 e. The van der Waals surface area contributed by atoms with Crippen molar-refractivity contribution in [2.75, 3.05) is 40.4 Å². The molecule has 0 fully saturated rings. The Morgan fingerprint density at radius 1 is 1.10 bits per heavy atom. The van der Waals surface area contributed by atoms with E-state index in [0.717, 1.165) is 31.6 Å². The fourth-order valence-electron chi connectivity index (χ4n) is 3.11. The number of methoxy groups -OCH3 is 2. The summed E-state index contributed by atoms with van der Waals surface area (Å²) in [6.07, 6.45) is 4.09. The third-order valence-electron chi connectivity index (χ3n) is 4.86. The molecule has 7 heteroatoms. The van der Waals surface area contributed by atoms with Gasteiger partial charge >= 0.3 is 0 Å². The van der Waals surface area contributed by atoms with Gasteiger partial charge in [-0.25, -0.2) is 0 Å². The molecule has 1 heterocycles. The summed E-state index contributed by atoms with van der Waals surface area (Å²) in [6.45, 7) is 7.64. The van der Waals surface area contributed by atoms with Crippen molar-refractivity contribution in [2.24, 2.45) is 0 Å². The number of pyridine rings is 1. The summed E-state index contributed by atoms with van der Waals surface area (Å²) in [7, 11) is 3.12. The first-order chi connectivity index (χ1) is 14.5. The molecule has 2 rings (SSSR count). The lowest BCUT2D eigenvalue weighted by molar-refractivity contribution is -0.115. The minimum atomic E-state index is -0.308. The smallest absolute Gasteiger partial charge is 0.268 e. The molecular weight excluding hydrogens is 382 g/mol. The van der Waals surface area contributed by atoms with Gasteiger partial charge in [0.05, 0.1) is 14.2 Å². The molecule has 1 amide bonds. The summed E-state index contributed by atoms with van der Waals surface area (Å²) in [5, 5.41) is 2.93. The van der Waals surface area contributed by atoms with Crippen LogP contribution in [-0.4, -0.2) is 55.8 Å². The van der Waals surface area contributed by atoms with E-state index in [9.17, 15) is 9.59 Å². The Kier molecular flexibility index (Phi) is 9.15. The van der Waals surface area contributed by atoms with E-state index >= 15 is 0 Å². The predicted octanol–water partition coefficient (Wildman–Crippen LogP) is 2.71. The molecule has 0 unspecified atom stereocenters. The van der Waals surface area contributed by atoms with Gasteiger partial charge in [0, 0.05) is 18.8 Å². The average Bonchev–Trinajstić information content (AvgIpc) is 2.77. The number of hydrogen-bond acceptors (Lipinski definition) is 5. The Labute approximate surface area is 177 Å². The number of rotatable bonds is 11. The summed E-state index contributed by atoms with van der Waals surface area (Å²) in [6, 6.07) is 10.1. The van der Waals surface area contributed by atoms with Crippen LogP contribution < -0.4 is 20.3 Å². The largest absolute Gasteiger partial charge is 0.493 e. The van der Waals surface area contributed by atoms with Crippen molar-refractivity contribution in [2.45, 2.75) is 20.3 Å². The molecule has 0 aliphatic rings. The van der Waals surface area contributed by atoms with Crippen molar-refractivity contribution in [1.82, 2.24) is 14.8 Å². The van der Waals surface area contributed by atoms with Crippen LogP contribution in [0.25, 0.3) is 11.8 Å². The molecule has 1 N–H and O–H groups in total. The fraction of sp³-hybridized carbons (Fsp3) is 0.391. The van der Waals surface area contributed by atoms with Crippen LogP contribution in [0.15, 0.2) is 47.4 Å². The Morgan fingerprint density at radius 2 is 1.83 bits per heavy atom. The van der Waals surface area contributed by atoms with Crippen molar-refractivity contribution in [3.63, 3.8) is 0 Å². The molecule has 0 saturated carbocycles. The summed E-state index contributed by atoms with van der Waals surface area (Å²) in [4.78, 5) is 27.6. The zero-order valence-corrected chi connectivity index (χ0v) is 18.2. The van der Waals surface area contributed by atoms with Crippen LogP contribution in [0.5, 0.6) is 11.5 Å². The highest BCUT2D eigenvalue weighted by atomic mass is 16.5. The van der Waals surface area contributed by atoms with Gasteiger partial charge in [-0.3, -0.25) is 14.2 Å². The van der Waals surface area contributed by atoms with Gasteiger partial charge in [0.1, 0.15) is 5.70 Å². The highest BCUT2D eigenvalue weighted by molar-refractivity contribution is 6.18. The first-order valence-electron chi connectivity index (χ1n) is 10.2. The molecule has 0 atom stereocenters. The number of carbonyl (C=O) groups excluding carboxylic acids is 1. The van der Waals surface area contributed by atoms with Gasteiger partial charge in [-0.2, -0.15) is 0 Å². The Balaban J connectivity index is 2.28. The van der Waals surface area contributed by atoms with E-state index in [1.54, 1.807) is 50.8 Å². The predicted molar refractivity (Wildman–Crippen MR) is 120 cm³/mol. The van der Waals surface area contributed by atoms with Gasteiger partial charge in [0.25, 0.3) is 11.5 Å². The van der Waals surface area contributed by atoms with Gasteiger partial charge in [-0.05, 0) is 55.9 Å². The first-order valence-corrected chi connectivity index (χ1v) is 10.2. The van der Waals surface area contributed by atoms with Crippen molar-refractivity contribution >= 4 is 17.7 Å². The second kappa shape index (κ2) is 11.8. The molecule has 1 aromatic carbocycles. The van der Waals surface area contributed by atoms with E-state index in [2.05, 4.69) is 24.1 Å². The van der Waals surface area contributed by atoms with Gasteiger partial charge < -0.3 is 19.7 Å². The molecule has 0 bridgehead atoms. The average molecular weight is 414 g/mol. The van der Waals surface area contributed by atoms with Crippen molar-refractivity contribution < 1.29 is 14.3 Å². The maximum absolute atomic E-state index is 13.0. The molecule has 0 aliphatic heterocycles. The standard InChI is InChI=1S/C23H31N3O4/c1-5-25(6-2)14-9-13-24-23(28)19(26-15-8-7-10-22(26)27)16-18-11-12-20(29-3)21(17-18)30-4/h7-8,10-12,15-17H,5-6,9,13-14H2,1-4H3,(H,24,28)/b19-16+. The minimum Gasteiger partial charge on any atom is -0.493 e. The molecule has 2 aromatic rings. The van der Waals surface area contributed by atoms with E-state index in [0.29, 0.717) is 18.0 Å². The second-order valence-electron chi connectivity index (χ2n) is 6.69. The van der Waals surface area contributed by atoms with Gasteiger partial charge in [0.2, 0.25) is 0 Å². The van der Waals surface area contributed by atoms with Crippen LogP contribution in [0.3, 0.4) is 0 Å². The van der Waals surface area contributed by atoms with E-state index in [4.69, 9.17) is 9.47 Å². The molecule has 0 saturated heterocycles. The summed E-state index contributed by atoms with van der Waals surface area (Å²) in [5.74, 6) is 0.831. The number of carbonyl (C=O) groups is 1. The lowest BCUT2D eigenvalue weighted by Crippen LogP contribution is -2.33. The third-order valence-corrected chi connectivity index (χ3v) is 4.86. The molecule has 7 nitrogen and oxygen atoms in total. The number of ether oxygens (including phenoxy) is 2. The second-order valence-corrected chi connectivity index (χ2v) is 6.69. The van der Waals surface area contributed by atoms with Crippen LogP contribution in [0.4, 0.5) is 0 Å². The Hall–Kier alpha value is -3.06. The molecule has 0 aliphatic carbocycles. The van der Waals surface area contributed by atoms with Gasteiger partial charge in [-0.15, -0.1) is 0 Å². The lowest BCUT2D eigenvalue weighted by atomic mass is 10.1.